The molecule has 226 valence electrons. The van der Waals surface area contributed by atoms with Gasteiger partial charge in [-0.25, -0.2) is 19.6 Å². The molecule has 2 aromatic rings. The second-order valence-corrected chi connectivity index (χ2v) is 11.9. The van der Waals surface area contributed by atoms with Crippen molar-refractivity contribution in [2.45, 2.75) is 82.8 Å². The van der Waals surface area contributed by atoms with E-state index in [0.29, 0.717) is 30.9 Å². The summed E-state index contributed by atoms with van der Waals surface area (Å²) in [6.45, 7) is 4.80. The van der Waals surface area contributed by atoms with Crippen LogP contribution in [0.3, 0.4) is 0 Å². The van der Waals surface area contributed by atoms with Gasteiger partial charge in [0.15, 0.2) is 5.69 Å². The van der Waals surface area contributed by atoms with E-state index in [1.165, 1.54) is 6.08 Å². The number of nitrogens with one attached hydrogen (secondary N) is 1. The molecule has 2 bridgehead atoms. The van der Waals surface area contributed by atoms with E-state index in [-0.39, 0.29) is 25.1 Å². The van der Waals surface area contributed by atoms with Crippen molar-refractivity contribution in [3.8, 4) is 5.88 Å². The SMILES string of the molecule is CC(C)(C)[C@@H]1NC(=O)O[C@@H]2CCC[C@H]2OC/C=C/C(F)(F)c2nc3ccccc3nc2OC2C[C@@H](C(=O)O)N(C2)C1=O. The van der Waals surface area contributed by atoms with Crippen molar-refractivity contribution in [2.24, 2.45) is 5.41 Å². The Kier molecular flexibility index (Phi) is 8.06. The van der Waals surface area contributed by atoms with E-state index in [4.69, 9.17) is 14.2 Å². The van der Waals surface area contributed by atoms with Crippen LogP contribution >= 0.6 is 0 Å². The lowest BCUT2D eigenvalue weighted by molar-refractivity contribution is -0.150. The Bertz CT molecular complexity index is 1400. The number of allylic oxidation sites excluding steroid dienone is 1. The van der Waals surface area contributed by atoms with Crippen LogP contribution in [-0.2, 0) is 25.0 Å². The van der Waals surface area contributed by atoms with E-state index in [1.807, 2.05) is 0 Å². The number of aromatic nitrogens is 2. The molecule has 3 heterocycles. The zero-order chi connectivity index (χ0) is 30.2. The molecular formula is C29H34F2N4O7. The standard InChI is InChI=1S/C29H34F2N4O7/c1-28(2,3)23-25(36)35-15-16(14-19(35)26(37)38)41-24-22(32-17-8-4-5-9-18(17)33-24)29(30,31)12-7-13-40-20-10-6-11-21(20)42-27(39)34-23/h4-5,7-9,12,16,19-21,23H,6,10-11,13-15H2,1-3H3,(H,34,39)(H,37,38)/b12-7+/t16?,19-,20+,21+,23+/m0/s1. The van der Waals surface area contributed by atoms with Crippen LogP contribution in [0.25, 0.3) is 11.0 Å². The van der Waals surface area contributed by atoms with E-state index in [2.05, 4.69) is 15.3 Å². The van der Waals surface area contributed by atoms with Crippen molar-refractivity contribution in [2.75, 3.05) is 13.2 Å². The van der Waals surface area contributed by atoms with E-state index < -0.39 is 71.3 Å². The third kappa shape index (κ3) is 6.15. The van der Waals surface area contributed by atoms with Gasteiger partial charge >= 0.3 is 18.0 Å². The number of carbonyl (C=O) groups is 3. The van der Waals surface area contributed by atoms with Crippen LogP contribution in [0, 0.1) is 5.41 Å². The summed E-state index contributed by atoms with van der Waals surface area (Å²) in [6, 6.07) is 4.01. The summed E-state index contributed by atoms with van der Waals surface area (Å²) in [5.74, 6) is -6.03. The first-order valence-corrected chi connectivity index (χ1v) is 13.9. The summed E-state index contributed by atoms with van der Waals surface area (Å²) in [4.78, 5) is 48.5. The molecular weight excluding hydrogens is 554 g/mol. The number of carboxylic acid groups (broad SMARTS) is 1. The molecule has 2 amide bonds. The Balaban J connectivity index is 1.56. The molecule has 1 saturated heterocycles. The van der Waals surface area contributed by atoms with Crippen molar-refractivity contribution < 1.29 is 42.5 Å². The average Bonchev–Trinajstić information content (AvgIpc) is 3.55. The number of para-hydroxylation sites is 2. The van der Waals surface area contributed by atoms with Crippen molar-refractivity contribution in [1.29, 1.82) is 0 Å². The lowest BCUT2D eigenvalue weighted by Gasteiger charge is -2.35. The highest BCUT2D eigenvalue weighted by atomic mass is 19.3. The molecule has 1 aromatic carbocycles. The Morgan fingerprint density at radius 3 is 2.48 bits per heavy atom. The Morgan fingerprint density at radius 2 is 1.79 bits per heavy atom. The van der Waals surface area contributed by atoms with E-state index in [9.17, 15) is 19.5 Å². The van der Waals surface area contributed by atoms with Gasteiger partial charge < -0.3 is 29.5 Å². The van der Waals surface area contributed by atoms with Crippen molar-refractivity contribution in [3.63, 3.8) is 0 Å². The second-order valence-electron chi connectivity index (χ2n) is 11.9. The van der Waals surface area contributed by atoms with Crippen LogP contribution in [0.2, 0.25) is 0 Å². The van der Waals surface area contributed by atoms with Crippen LogP contribution in [0.1, 0.15) is 52.1 Å². The van der Waals surface area contributed by atoms with Crippen LogP contribution < -0.4 is 10.1 Å². The molecule has 1 saturated carbocycles. The van der Waals surface area contributed by atoms with Gasteiger partial charge in [-0.15, -0.1) is 0 Å². The van der Waals surface area contributed by atoms with Crippen LogP contribution in [0.4, 0.5) is 13.6 Å². The molecule has 1 unspecified atom stereocenters. The minimum Gasteiger partial charge on any atom is -0.480 e. The zero-order valence-corrected chi connectivity index (χ0v) is 23.6. The predicted octanol–water partition coefficient (Wildman–Crippen LogP) is 3.80. The molecule has 3 aliphatic rings. The first-order chi connectivity index (χ1) is 19.8. The third-order valence-corrected chi connectivity index (χ3v) is 7.72. The summed E-state index contributed by atoms with van der Waals surface area (Å²) in [5, 5.41) is 12.6. The van der Waals surface area contributed by atoms with Crippen molar-refractivity contribution in [1.82, 2.24) is 20.2 Å². The van der Waals surface area contributed by atoms with Crippen molar-refractivity contribution in [3.05, 3.63) is 42.1 Å². The minimum absolute atomic E-state index is 0.167. The highest BCUT2D eigenvalue weighted by Gasteiger charge is 2.47. The second kappa shape index (κ2) is 11.4. The molecule has 1 aromatic heterocycles. The molecule has 2 fully saturated rings. The Labute approximate surface area is 241 Å². The van der Waals surface area contributed by atoms with Gasteiger partial charge in [-0.1, -0.05) is 39.0 Å². The number of aliphatic carboxylic acids is 1. The van der Waals surface area contributed by atoms with Gasteiger partial charge in [-0.3, -0.25) is 4.79 Å². The molecule has 2 N–H and O–H groups in total. The van der Waals surface area contributed by atoms with E-state index in [0.717, 1.165) is 4.90 Å². The number of hydrogen-bond acceptors (Lipinski definition) is 8. The summed E-state index contributed by atoms with van der Waals surface area (Å²) in [6.07, 6.45) is 0.419. The van der Waals surface area contributed by atoms with Gasteiger partial charge in [0.05, 0.1) is 30.3 Å². The largest absolute Gasteiger partial charge is 0.480 e. The fourth-order valence-corrected chi connectivity index (χ4v) is 5.58. The quantitative estimate of drug-likeness (QED) is 0.476. The molecule has 0 spiro atoms. The third-order valence-electron chi connectivity index (χ3n) is 7.72. The Hall–Kier alpha value is -3.87. The maximum Gasteiger partial charge on any atom is 0.408 e. The molecule has 11 nitrogen and oxygen atoms in total. The normalized spacial score (nSPS) is 29.4. The smallest absolute Gasteiger partial charge is 0.408 e. The molecule has 2 aliphatic heterocycles. The number of rotatable bonds is 1. The topological polar surface area (TPSA) is 140 Å². The van der Waals surface area contributed by atoms with Gasteiger partial charge in [0.1, 0.15) is 24.3 Å². The Morgan fingerprint density at radius 1 is 1.10 bits per heavy atom. The number of nitrogens with zero attached hydrogens (tertiary/aromatic N) is 3. The maximum atomic E-state index is 15.6. The van der Waals surface area contributed by atoms with Crippen LogP contribution in [0.15, 0.2) is 36.4 Å². The number of halogens is 2. The maximum absolute atomic E-state index is 15.6. The van der Waals surface area contributed by atoms with Gasteiger partial charge in [0.25, 0.3) is 0 Å². The monoisotopic (exact) mass is 588 g/mol. The number of carboxylic acids is 1. The lowest BCUT2D eigenvalue weighted by atomic mass is 9.85. The molecule has 5 rings (SSSR count). The number of carbonyl (C=O) groups excluding carboxylic acids is 2. The molecule has 5 atom stereocenters. The van der Waals surface area contributed by atoms with E-state index >= 15 is 8.78 Å². The molecule has 13 heteroatoms. The van der Waals surface area contributed by atoms with Gasteiger partial charge in [-0.05, 0) is 42.9 Å². The number of hydrogen-bond donors (Lipinski definition) is 2. The predicted molar refractivity (Wildman–Crippen MR) is 145 cm³/mol. The number of amides is 2. The zero-order valence-electron chi connectivity index (χ0n) is 23.6. The first kappa shape index (κ1) is 29.6. The van der Waals surface area contributed by atoms with Gasteiger partial charge in [0, 0.05) is 6.42 Å². The van der Waals surface area contributed by atoms with Crippen LogP contribution in [-0.4, -0.2) is 81.5 Å². The summed E-state index contributed by atoms with van der Waals surface area (Å²) in [7, 11) is 0. The summed E-state index contributed by atoms with van der Waals surface area (Å²) in [5.41, 5.74) is -1.02. The van der Waals surface area contributed by atoms with Crippen LogP contribution in [0.5, 0.6) is 5.88 Å². The number of alkyl carbamates (subject to hydrolysis) is 1. The van der Waals surface area contributed by atoms with Gasteiger partial charge in [-0.2, -0.15) is 8.78 Å². The fourth-order valence-electron chi connectivity index (χ4n) is 5.58. The lowest BCUT2D eigenvalue weighted by Crippen LogP contribution is -2.57. The number of alkyl halides is 2. The number of ether oxygens (including phenoxy) is 3. The van der Waals surface area contributed by atoms with E-state index in [1.54, 1.807) is 45.0 Å². The molecule has 42 heavy (non-hydrogen) atoms. The van der Waals surface area contributed by atoms with Crippen molar-refractivity contribution >= 4 is 29.0 Å². The highest BCUT2D eigenvalue weighted by molar-refractivity contribution is 5.90. The molecule has 0 radical (unpaired) electrons. The average molecular weight is 589 g/mol. The minimum atomic E-state index is -3.62. The summed E-state index contributed by atoms with van der Waals surface area (Å²) < 4.78 is 48.5. The summed E-state index contributed by atoms with van der Waals surface area (Å²) >= 11 is 0. The fraction of sp³-hybridized carbons (Fsp3) is 0.552. The molecule has 1 aliphatic carbocycles. The highest BCUT2D eigenvalue weighted by Crippen LogP contribution is 2.37. The van der Waals surface area contributed by atoms with Gasteiger partial charge in [0.2, 0.25) is 11.8 Å². The first-order valence-electron chi connectivity index (χ1n) is 13.9. The number of benzene rings is 1. The number of fused-ring (bicyclic) bond motifs is 5.